The fourth-order valence-electron chi connectivity index (χ4n) is 24.0. The highest BCUT2D eigenvalue weighted by atomic mass is 32.1. The van der Waals surface area contributed by atoms with Gasteiger partial charge in [0.1, 0.15) is 102 Å². The quantitative estimate of drug-likeness (QED) is 0.0481. The van der Waals surface area contributed by atoms with Crippen LogP contribution in [0.4, 0.5) is 34.9 Å². The van der Waals surface area contributed by atoms with Gasteiger partial charge in [0.25, 0.3) is 0 Å². The minimum absolute atomic E-state index is 0.113. The lowest BCUT2D eigenvalue weighted by Gasteiger charge is -2.31. The fraction of sp³-hybridized carbons (Fsp3) is 0.664. The first-order chi connectivity index (χ1) is 66.2. The third kappa shape index (κ3) is 23.5. The number of rotatable bonds is 14. The molecular weight excluding hydrogens is 1820 g/mol. The first-order valence-electron chi connectivity index (χ1n) is 52.6. The Labute approximate surface area is 835 Å². The second kappa shape index (κ2) is 43.5. The molecule has 24 rings (SSSR count). The van der Waals surface area contributed by atoms with E-state index < -0.39 is 0 Å². The van der Waals surface area contributed by atoms with E-state index in [4.69, 9.17) is 17.2 Å². The summed E-state index contributed by atoms with van der Waals surface area (Å²) in [5, 5.41) is 52.6. The molecule has 12 aliphatic carbocycles. The number of nitrogens with zero attached hydrogens (tertiary/aromatic N) is 12. The Kier molecular flexibility index (Phi) is 31.3. The zero-order valence-electron chi connectivity index (χ0n) is 83.0. The summed E-state index contributed by atoms with van der Waals surface area (Å²) in [6.07, 6.45) is 59.2. The lowest BCUT2D eigenvalue weighted by atomic mass is 9.76. The molecule has 0 aliphatic heterocycles. The average Bonchev–Trinajstić information content (AvgIpc) is 1.66. The van der Waals surface area contributed by atoms with Crippen molar-refractivity contribution in [3.8, 4) is 0 Å². The number of anilines is 6. The molecule has 12 heterocycles. The molecule has 738 valence electrons. The lowest BCUT2D eigenvalue weighted by molar-refractivity contribution is 0.125. The predicted octanol–water partition coefficient (Wildman–Crippen LogP) is 22.9. The van der Waals surface area contributed by atoms with Crippen molar-refractivity contribution < 1.29 is 10.2 Å². The average molecular weight is 1970 g/mol. The van der Waals surface area contributed by atoms with Gasteiger partial charge >= 0.3 is 0 Å². The van der Waals surface area contributed by atoms with E-state index in [-0.39, 0.29) is 12.2 Å². The first-order valence-corrected chi connectivity index (χ1v) is 57.5. The molecule has 12 aliphatic rings. The molecule has 30 heteroatoms. The SMILES string of the molecule is CC1(C)CCc2sc3ncnc(NC4CCC(N)CC4)c3c2C1.CC1(C)CCc2sc3ncnc(NC4CCC(O)CC4)c3c2C1.CC1CCc2sc3ncnc(NC4CCC(N)CC4)c3c2C1.CC1CCc2sc3ncnc(NC4CCC(O)CC4)c3c2C1.CCC1CCc2c(sc3ncnc(NC4CCC(N)CC4)c23)C1.CNC1CCC(Nc2ncnc3sc4c(c23)CC(C)(C)CC4)CC1. The molecule has 0 saturated heterocycles. The van der Waals surface area contributed by atoms with Crippen molar-refractivity contribution in [1.82, 2.24) is 65.1 Å². The Bertz CT molecular complexity index is 5840. The molecule has 0 amide bonds. The molecule has 12 aromatic rings. The number of hydrogen-bond donors (Lipinski definition) is 12. The van der Waals surface area contributed by atoms with E-state index >= 15 is 0 Å². The van der Waals surface area contributed by atoms with Crippen LogP contribution in [0, 0.1) is 34.0 Å². The lowest BCUT2D eigenvalue weighted by Crippen LogP contribution is -2.35. The van der Waals surface area contributed by atoms with Crippen molar-refractivity contribution in [1.29, 1.82) is 0 Å². The van der Waals surface area contributed by atoms with Crippen LogP contribution < -0.4 is 54.4 Å². The van der Waals surface area contributed by atoms with E-state index in [9.17, 15) is 10.2 Å². The van der Waals surface area contributed by atoms with Gasteiger partial charge in [-0.3, -0.25) is 0 Å². The molecule has 3 unspecified atom stereocenters. The summed E-state index contributed by atoms with van der Waals surface area (Å²) >= 11 is 11.2. The number of thiophene rings is 6. The van der Waals surface area contributed by atoms with Crippen molar-refractivity contribution >= 4 is 164 Å². The minimum Gasteiger partial charge on any atom is -0.393 e. The monoisotopic (exact) mass is 1970 g/mol. The van der Waals surface area contributed by atoms with E-state index in [1.54, 1.807) is 42.8 Å². The summed E-state index contributed by atoms with van der Waals surface area (Å²) in [6, 6.07) is 4.75. The Hall–Kier alpha value is -7.20. The molecule has 6 saturated carbocycles. The van der Waals surface area contributed by atoms with Gasteiger partial charge in [-0.2, -0.15) is 0 Å². The van der Waals surface area contributed by atoms with Crippen molar-refractivity contribution in [3.63, 3.8) is 0 Å². The molecule has 3 atom stereocenters. The second-order valence-electron chi connectivity index (χ2n) is 45.2. The number of hydrogen-bond acceptors (Lipinski definition) is 30. The number of nitrogens with two attached hydrogens (primary N) is 3. The maximum atomic E-state index is 9.70. The number of aliphatic hydroxyl groups is 2. The van der Waals surface area contributed by atoms with E-state index in [0.717, 1.165) is 231 Å². The number of aromatic nitrogens is 12. The normalized spacial score (nSPS) is 27.5. The van der Waals surface area contributed by atoms with Crippen molar-refractivity contribution in [2.24, 2.45) is 51.2 Å². The molecule has 137 heavy (non-hydrogen) atoms. The largest absolute Gasteiger partial charge is 0.393 e. The highest BCUT2D eigenvalue weighted by Crippen LogP contribution is 2.51. The molecule has 0 bridgehead atoms. The molecule has 15 N–H and O–H groups in total. The van der Waals surface area contributed by atoms with Gasteiger partial charge in [-0.1, -0.05) is 68.7 Å². The van der Waals surface area contributed by atoms with Crippen LogP contribution >= 0.6 is 68.0 Å². The Balaban J connectivity index is 0.000000105. The van der Waals surface area contributed by atoms with Gasteiger partial charge in [0.05, 0.1) is 44.5 Å². The molecule has 6 fully saturated rings. The van der Waals surface area contributed by atoms with Crippen LogP contribution in [0.3, 0.4) is 0 Å². The van der Waals surface area contributed by atoms with Gasteiger partial charge in [0.15, 0.2) is 0 Å². The maximum absolute atomic E-state index is 9.70. The topological polar surface area (TPSA) is 357 Å². The van der Waals surface area contributed by atoms with Crippen LogP contribution in [0.2, 0.25) is 0 Å². The summed E-state index contributed by atoms with van der Waals surface area (Å²) in [4.78, 5) is 70.8. The summed E-state index contributed by atoms with van der Waals surface area (Å²) in [5.41, 5.74) is 28.2. The number of aliphatic hydroxyl groups excluding tert-OH is 2. The van der Waals surface area contributed by atoms with Crippen molar-refractivity contribution in [2.45, 2.75) is 411 Å². The third-order valence-corrected chi connectivity index (χ3v) is 39.8. The maximum Gasteiger partial charge on any atom is 0.138 e. The highest BCUT2D eigenvalue weighted by molar-refractivity contribution is 7.20. The summed E-state index contributed by atoms with van der Waals surface area (Å²) in [5.74, 6) is 8.62. The van der Waals surface area contributed by atoms with Gasteiger partial charge in [0.2, 0.25) is 0 Å². The highest BCUT2D eigenvalue weighted by Gasteiger charge is 2.38. The van der Waals surface area contributed by atoms with Gasteiger partial charge in [-0.15, -0.1) is 68.0 Å². The molecule has 0 spiro atoms. The zero-order valence-corrected chi connectivity index (χ0v) is 87.9. The van der Waals surface area contributed by atoms with E-state index in [2.05, 4.69) is 166 Å². The number of nitrogens with one attached hydrogen (secondary N) is 7. The molecule has 0 aromatic carbocycles. The molecule has 0 radical (unpaired) electrons. The van der Waals surface area contributed by atoms with Gasteiger partial charge in [0, 0.05) is 89.7 Å². The summed E-state index contributed by atoms with van der Waals surface area (Å²) in [6.45, 7) is 21.2. The van der Waals surface area contributed by atoms with E-state index in [1.165, 1.54) is 217 Å². The second-order valence-corrected chi connectivity index (χ2v) is 51.7. The standard InChI is InChI=1S/C19H28N4S.2C18H26N4S.C18H25N3OS.C17H24N4S.C17H23N3OS/c1-19(2)9-8-15-14(10-19)16-17(21-11-22-18(16)24-15)23-13-6-4-12(20-3)5-7-13;1-18(2)8-7-14-13(9-18)15-16(20-10-21-17(15)23-14)22-12-5-3-11(19)4-6-12;1-2-11-3-8-14-15(9-11)23-18-16(14)17(20-10-21-18)22-13-6-4-12(19)5-7-13;1-18(2)8-7-14-13(9-18)15-16(19-10-20-17(15)23-14)21-11-3-5-12(22)6-4-11;1-10-2-7-14-13(8-10)15-16(19-9-20-17(15)22-14)21-12-5-3-11(18)4-6-12;1-10-2-7-14-13(8-10)15-16(18-9-19-17(15)22-14)20-11-3-5-12(21)6-4-11/h11-13,20H,4-10H2,1-3H3,(H,21,22,23);10-12H,3-9,19H2,1-2H3,(H,20,21,22);10-13H,2-9,19H2,1H3,(H,20,21,22);10-12,22H,3-9H2,1-2H3,(H,19,20,21);9-12H,2-8,18H2,1H3,(H,19,20,21);9-12,21H,2-8H2,1H3,(H,18,19,20). The van der Waals surface area contributed by atoms with Gasteiger partial charge in [-0.25, -0.2) is 59.8 Å². The molecule has 12 aromatic heterocycles. The fourth-order valence-corrected chi connectivity index (χ4v) is 31.1. The van der Waals surface area contributed by atoms with E-state index in [1.807, 2.05) is 68.0 Å². The van der Waals surface area contributed by atoms with Crippen LogP contribution in [0.5, 0.6) is 0 Å². The van der Waals surface area contributed by atoms with Gasteiger partial charge < -0.3 is 64.6 Å². The van der Waals surface area contributed by atoms with Crippen LogP contribution in [-0.4, -0.2) is 150 Å². The minimum atomic E-state index is -0.117. The predicted molar refractivity (Wildman–Crippen MR) is 574 cm³/mol. The van der Waals surface area contributed by atoms with Crippen LogP contribution in [0.25, 0.3) is 61.3 Å². The summed E-state index contributed by atoms with van der Waals surface area (Å²) in [7, 11) is 2.08. The zero-order chi connectivity index (χ0) is 94.8. The van der Waals surface area contributed by atoms with Crippen molar-refractivity contribution in [3.05, 3.63) is 101 Å². The Morgan fingerprint density at radius 3 is 0.825 bits per heavy atom. The smallest absolute Gasteiger partial charge is 0.138 e. The molecular formula is C107H152N22O2S6. The first kappa shape index (κ1) is 98.6. The summed E-state index contributed by atoms with van der Waals surface area (Å²) < 4.78 is 0. The third-order valence-electron chi connectivity index (χ3n) is 32.7. The van der Waals surface area contributed by atoms with Crippen LogP contribution in [0.15, 0.2) is 38.0 Å². The number of fused-ring (bicyclic) bond motifs is 18. The van der Waals surface area contributed by atoms with Crippen LogP contribution in [-0.2, 0) is 77.0 Å². The van der Waals surface area contributed by atoms with Crippen molar-refractivity contribution in [2.75, 3.05) is 38.9 Å². The van der Waals surface area contributed by atoms with E-state index in [0.29, 0.717) is 76.7 Å². The van der Waals surface area contributed by atoms with Crippen LogP contribution in [0.1, 0.15) is 324 Å². The molecule has 24 nitrogen and oxygen atoms in total. The Morgan fingerprint density at radius 1 is 0.292 bits per heavy atom. The number of aryl methyl sites for hydroxylation is 6. The Morgan fingerprint density at radius 2 is 0.540 bits per heavy atom. The van der Waals surface area contributed by atoms with Gasteiger partial charge in [-0.05, 0) is 344 Å².